The lowest BCUT2D eigenvalue weighted by Gasteiger charge is -2.33. The van der Waals surface area contributed by atoms with Gasteiger partial charge in [0.1, 0.15) is 6.04 Å². The fraction of sp³-hybridized carbons (Fsp3) is 0.421. The van der Waals surface area contributed by atoms with Crippen molar-refractivity contribution < 1.29 is 14.7 Å². The highest BCUT2D eigenvalue weighted by Crippen LogP contribution is 2.40. The van der Waals surface area contributed by atoms with Crippen LogP contribution in [0.15, 0.2) is 24.3 Å². The summed E-state index contributed by atoms with van der Waals surface area (Å²) < 4.78 is 0. The van der Waals surface area contributed by atoms with Crippen LogP contribution in [0.2, 0.25) is 5.02 Å². The largest absolute Gasteiger partial charge is 0.480 e. The summed E-state index contributed by atoms with van der Waals surface area (Å²) >= 11 is 6.13. The predicted octanol–water partition coefficient (Wildman–Crippen LogP) is 3.84. The number of likely N-dealkylation sites (tertiary alicyclic amines) is 1. The van der Waals surface area contributed by atoms with E-state index >= 15 is 0 Å². The fourth-order valence-corrected chi connectivity index (χ4v) is 3.74. The van der Waals surface area contributed by atoms with E-state index in [0.29, 0.717) is 34.9 Å². The van der Waals surface area contributed by atoms with Crippen LogP contribution in [0.25, 0.3) is 10.9 Å². The fourth-order valence-electron chi connectivity index (χ4n) is 3.57. The SMILES string of the molecule is O=C(O)C1CCCCN1C(=O)c1cc(C2CC2)nc2ccc(Cl)cc12. The van der Waals surface area contributed by atoms with Crippen LogP contribution >= 0.6 is 11.6 Å². The molecule has 2 aromatic rings. The lowest BCUT2D eigenvalue weighted by Crippen LogP contribution is -2.48. The van der Waals surface area contributed by atoms with Crippen LogP contribution in [0, 0.1) is 0 Å². The molecular weight excluding hydrogens is 340 g/mol. The topological polar surface area (TPSA) is 70.5 Å². The van der Waals surface area contributed by atoms with Gasteiger partial charge in [-0.25, -0.2) is 4.79 Å². The standard InChI is InChI=1S/C19H19ClN2O3/c20-12-6-7-15-13(9-12)14(10-16(21-15)11-4-5-11)18(23)22-8-2-1-3-17(22)19(24)25/h6-7,9-11,17H,1-5,8H2,(H,24,25). The Balaban J connectivity index is 1.82. The number of pyridine rings is 1. The molecule has 1 saturated heterocycles. The molecule has 2 aliphatic rings. The van der Waals surface area contributed by atoms with Gasteiger partial charge in [0.15, 0.2) is 0 Å². The zero-order valence-corrected chi connectivity index (χ0v) is 14.5. The normalized spacial score (nSPS) is 20.7. The number of hydrogen-bond acceptors (Lipinski definition) is 3. The van der Waals surface area contributed by atoms with E-state index in [-0.39, 0.29) is 5.91 Å². The van der Waals surface area contributed by atoms with Gasteiger partial charge in [0.25, 0.3) is 5.91 Å². The van der Waals surface area contributed by atoms with Gasteiger partial charge in [-0.05, 0) is 56.4 Å². The molecule has 2 heterocycles. The molecule has 1 aliphatic carbocycles. The molecule has 1 aromatic carbocycles. The van der Waals surface area contributed by atoms with E-state index in [4.69, 9.17) is 11.6 Å². The van der Waals surface area contributed by atoms with E-state index in [1.165, 1.54) is 4.90 Å². The Morgan fingerprint density at radius 2 is 1.96 bits per heavy atom. The smallest absolute Gasteiger partial charge is 0.326 e. The summed E-state index contributed by atoms with van der Waals surface area (Å²) in [4.78, 5) is 31.0. The second-order valence-corrected chi connectivity index (χ2v) is 7.32. The highest BCUT2D eigenvalue weighted by Gasteiger charge is 2.34. The van der Waals surface area contributed by atoms with Crippen LogP contribution in [0.4, 0.5) is 0 Å². The molecule has 0 spiro atoms. The number of fused-ring (bicyclic) bond motifs is 1. The number of nitrogens with zero attached hydrogens (tertiary/aromatic N) is 2. The first kappa shape index (κ1) is 16.3. The van der Waals surface area contributed by atoms with E-state index < -0.39 is 12.0 Å². The Kier molecular flexibility index (Phi) is 4.12. The van der Waals surface area contributed by atoms with Gasteiger partial charge in [0.05, 0.1) is 11.1 Å². The Bertz CT molecular complexity index is 863. The number of carbonyl (C=O) groups excluding carboxylic acids is 1. The lowest BCUT2D eigenvalue weighted by atomic mass is 9.99. The Labute approximate surface area is 150 Å². The van der Waals surface area contributed by atoms with Crippen molar-refractivity contribution in [3.8, 4) is 0 Å². The van der Waals surface area contributed by atoms with E-state index in [1.807, 2.05) is 12.1 Å². The van der Waals surface area contributed by atoms with Gasteiger partial charge >= 0.3 is 5.97 Å². The van der Waals surface area contributed by atoms with Crippen LogP contribution in [0.1, 0.15) is 54.1 Å². The van der Waals surface area contributed by atoms with Crippen molar-refractivity contribution in [2.24, 2.45) is 0 Å². The summed E-state index contributed by atoms with van der Waals surface area (Å²) in [6.45, 7) is 0.471. The van der Waals surface area contributed by atoms with Gasteiger partial charge in [0, 0.05) is 28.6 Å². The Hall–Kier alpha value is -2.14. The maximum absolute atomic E-state index is 13.2. The first-order valence-electron chi connectivity index (χ1n) is 8.68. The van der Waals surface area contributed by atoms with Crippen LogP contribution in [-0.2, 0) is 4.79 Å². The summed E-state index contributed by atoms with van der Waals surface area (Å²) in [5, 5.41) is 10.7. The summed E-state index contributed by atoms with van der Waals surface area (Å²) in [6, 6.07) is 6.42. The zero-order valence-electron chi connectivity index (χ0n) is 13.7. The minimum atomic E-state index is -0.938. The first-order valence-corrected chi connectivity index (χ1v) is 9.06. The van der Waals surface area contributed by atoms with Crippen molar-refractivity contribution >= 4 is 34.4 Å². The van der Waals surface area contributed by atoms with Crippen molar-refractivity contribution in [3.63, 3.8) is 0 Å². The van der Waals surface area contributed by atoms with Crippen molar-refractivity contribution in [2.45, 2.75) is 44.1 Å². The molecule has 0 radical (unpaired) electrons. The van der Waals surface area contributed by atoms with Gasteiger partial charge < -0.3 is 10.0 Å². The average Bonchev–Trinajstić information content (AvgIpc) is 3.45. The van der Waals surface area contributed by atoms with Crippen LogP contribution < -0.4 is 0 Å². The Morgan fingerprint density at radius 1 is 1.16 bits per heavy atom. The number of carbonyl (C=O) groups is 2. The van der Waals surface area contributed by atoms with Crippen LogP contribution in [-0.4, -0.2) is 39.5 Å². The molecule has 1 aromatic heterocycles. The number of carboxylic acid groups (broad SMARTS) is 1. The number of piperidine rings is 1. The number of halogens is 1. The van der Waals surface area contributed by atoms with Crippen molar-refractivity contribution in [1.29, 1.82) is 0 Å². The van der Waals surface area contributed by atoms with Crippen molar-refractivity contribution in [1.82, 2.24) is 9.88 Å². The zero-order chi connectivity index (χ0) is 17.6. The molecule has 25 heavy (non-hydrogen) atoms. The lowest BCUT2D eigenvalue weighted by molar-refractivity contribution is -0.143. The van der Waals surface area contributed by atoms with E-state index in [1.54, 1.807) is 12.1 Å². The van der Waals surface area contributed by atoms with Crippen molar-refractivity contribution in [2.75, 3.05) is 6.54 Å². The molecule has 1 N–H and O–H groups in total. The van der Waals surface area contributed by atoms with Gasteiger partial charge in [-0.3, -0.25) is 9.78 Å². The monoisotopic (exact) mass is 358 g/mol. The third-order valence-corrected chi connectivity index (χ3v) is 5.30. The maximum Gasteiger partial charge on any atom is 0.326 e. The summed E-state index contributed by atoms with van der Waals surface area (Å²) in [5.41, 5.74) is 2.17. The molecule has 2 fully saturated rings. The highest BCUT2D eigenvalue weighted by atomic mass is 35.5. The number of carboxylic acids is 1. The molecule has 0 bridgehead atoms. The highest BCUT2D eigenvalue weighted by molar-refractivity contribution is 6.31. The van der Waals surface area contributed by atoms with Gasteiger partial charge in [-0.1, -0.05) is 11.6 Å². The summed E-state index contributed by atoms with van der Waals surface area (Å²) in [7, 11) is 0. The van der Waals surface area contributed by atoms with E-state index in [2.05, 4.69) is 4.98 Å². The molecule has 6 heteroatoms. The van der Waals surface area contributed by atoms with Crippen LogP contribution in [0.3, 0.4) is 0 Å². The second-order valence-electron chi connectivity index (χ2n) is 6.88. The molecule has 130 valence electrons. The van der Waals surface area contributed by atoms with Crippen molar-refractivity contribution in [3.05, 3.63) is 40.5 Å². The van der Waals surface area contributed by atoms with Gasteiger partial charge in [0.2, 0.25) is 0 Å². The molecule has 1 amide bonds. The summed E-state index contributed by atoms with van der Waals surface area (Å²) in [6.07, 6.45) is 4.33. The van der Waals surface area contributed by atoms with Gasteiger partial charge in [-0.15, -0.1) is 0 Å². The quantitative estimate of drug-likeness (QED) is 0.904. The molecule has 1 atom stereocenters. The maximum atomic E-state index is 13.2. The molecule has 4 rings (SSSR count). The van der Waals surface area contributed by atoms with Gasteiger partial charge in [-0.2, -0.15) is 0 Å². The minimum Gasteiger partial charge on any atom is -0.480 e. The van der Waals surface area contributed by atoms with E-state index in [0.717, 1.165) is 36.9 Å². The Morgan fingerprint density at radius 3 is 2.68 bits per heavy atom. The summed E-state index contributed by atoms with van der Waals surface area (Å²) in [5.74, 6) is -0.765. The number of amides is 1. The number of hydrogen-bond donors (Lipinski definition) is 1. The minimum absolute atomic E-state index is 0.233. The predicted molar refractivity (Wildman–Crippen MR) is 95.0 cm³/mol. The molecule has 1 unspecified atom stereocenters. The third kappa shape index (κ3) is 3.09. The number of aliphatic carboxylic acids is 1. The third-order valence-electron chi connectivity index (χ3n) is 5.07. The number of aromatic nitrogens is 1. The average molecular weight is 359 g/mol. The van der Waals surface area contributed by atoms with Crippen LogP contribution in [0.5, 0.6) is 0 Å². The van der Waals surface area contributed by atoms with E-state index in [9.17, 15) is 14.7 Å². The number of rotatable bonds is 3. The number of benzene rings is 1. The molecule has 1 saturated carbocycles. The molecular formula is C19H19ClN2O3. The molecule has 5 nitrogen and oxygen atoms in total. The first-order chi connectivity index (χ1) is 12.0. The second kappa shape index (κ2) is 6.30. The molecule has 1 aliphatic heterocycles.